The summed E-state index contributed by atoms with van der Waals surface area (Å²) in [6.07, 6.45) is 0.778. The average molecular weight is 267 g/mol. The molecule has 0 aromatic heterocycles. The fraction of sp³-hybridized carbons (Fsp3) is 0.385. The highest BCUT2D eigenvalue weighted by Gasteiger charge is 2.09. The Bertz CT molecular complexity index is 458. The van der Waals surface area contributed by atoms with E-state index in [0.717, 1.165) is 0 Å². The van der Waals surface area contributed by atoms with Gasteiger partial charge in [-0.05, 0) is 31.5 Å². The van der Waals surface area contributed by atoms with E-state index < -0.39 is 5.97 Å². The lowest BCUT2D eigenvalue weighted by Gasteiger charge is -2.08. The first-order chi connectivity index (χ1) is 9.04. The van der Waals surface area contributed by atoms with Crippen LogP contribution in [0.2, 0.25) is 0 Å². The molecule has 0 amide bonds. The van der Waals surface area contributed by atoms with Gasteiger partial charge >= 0.3 is 11.9 Å². The van der Waals surface area contributed by atoms with E-state index >= 15 is 0 Å². The van der Waals surface area contributed by atoms with Crippen molar-refractivity contribution in [3.8, 4) is 5.75 Å². The number of esters is 1. The van der Waals surface area contributed by atoms with Gasteiger partial charge in [-0.3, -0.25) is 4.79 Å². The number of ether oxygens (including phenoxy) is 2. The van der Waals surface area contributed by atoms with E-state index in [9.17, 15) is 9.59 Å². The monoisotopic (exact) mass is 267 g/mol. The van der Waals surface area contributed by atoms with E-state index in [1.54, 1.807) is 13.0 Å². The fourth-order valence-corrected chi connectivity index (χ4v) is 1.45. The second kappa shape index (κ2) is 7.25. The first kappa shape index (κ1) is 14.8. The number of hydrogen-bond acceptors (Lipinski definition) is 5. The summed E-state index contributed by atoms with van der Waals surface area (Å²) in [4.78, 5) is 21.9. The molecule has 0 atom stereocenters. The number of hydrogen-bond donors (Lipinski definition) is 2. The van der Waals surface area contributed by atoms with Crippen LogP contribution in [0.3, 0.4) is 0 Å². The van der Waals surface area contributed by atoms with Gasteiger partial charge in [-0.25, -0.2) is 4.79 Å². The maximum atomic E-state index is 11.1. The van der Waals surface area contributed by atoms with E-state index in [4.69, 9.17) is 20.3 Å². The van der Waals surface area contributed by atoms with E-state index in [1.807, 2.05) is 0 Å². The minimum Gasteiger partial charge on any atom is -0.494 e. The Morgan fingerprint density at radius 1 is 1.37 bits per heavy atom. The van der Waals surface area contributed by atoms with Crippen LogP contribution in [0.4, 0.5) is 5.69 Å². The minimum absolute atomic E-state index is 0.00268. The molecule has 6 heteroatoms. The number of rotatable bonds is 7. The number of nitrogen functional groups attached to an aromatic ring is 1. The molecule has 0 bridgehead atoms. The molecule has 0 fully saturated rings. The molecule has 0 saturated carbocycles. The zero-order valence-electron chi connectivity index (χ0n) is 10.7. The van der Waals surface area contributed by atoms with Crippen LogP contribution >= 0.6 is 0 Å². The zero-order valence-corrected chi connectivity index (χ0v) is 10.7. The van der Waals surface area contributed by atoms with Crippen LogP contribution < -0.4 is 10.5 Å². The van der Waals surface area contributed by atoms with Crippen molar-refractivity contribution in [2.75, 3.05) is 18.9 Å². The van der Waals surface area contributed by atoms with Gasteiger partial charge in [0.1, 0.15) is 5.75 Å². The van der Waals surface area contributed by atoms with Gasteiger partial charge in [0, 0.05) is 12.1 Å². The summed E-state index contributed by atoms with van der Waals surface area (Å²) in [6.45, 7) is 2.41. The summed E-state index contributed by atoms with van der Waals surface area (Å²) in [5.41, 5.74) is 5.71. The van der Waals surface area contributed by atoms with Crippen molar-refractivity contribution in [1.29, 1.82) is 0 Å². The van der Waals surface area contributed by atoms with Gasteiger partial charge in [-0.1, -0.05) is 0 Å². The number of carbonyl (C=O) groups excluding carboxylic acids is 1. The molecule has 6 nitrogen and oxygen atoms in total. The van der Waals surface area contributed by atoms with Crippen LogP contribution in [0.5, 0.6) is 5.75 Å². The largest absolute Gasteiger partial charge is 0.494 e. The quantitative estimate of drug-likeness (QED) is 0.443. The van der Waals surface area contributed by atoms with Gasteiger partial charge in [0.25, 0.3) is 0 Å². The third-order valence-corrected chi connectivity index (χ3v) is 2.35. The predicted molar refractivity (Wildman–Crippen MR) is 69.2 cm³/mol. The number of carboxylic acids is 1. The molecule has 0 heterocycles. The molecule has 0 aliphatic carbocycles. The average Bonchev–Trinajstić information content (AvgIpc) is 2.36. The molecule has 104 valence electrons. The fourth-order valence-electron chi connectivity index (χ4n) is 1.45. The number of aromatic carboxylic acids is 1. The van der Waals surface area contributed by atoms with Gasteiger partial charge in [-0.15, -0.1) is 0 Å². The molecular formula is C13H17NO5. The molecule has 19 heavy (non-hydrogen) atoms. The summed E-state index contributed by atoms with van der Waals surface area (Å²) in [6, 6.07) is 4.43. The number of carboxylic acid groups (broad SMARTS) is 1. The number of carbonyl (C=O) groups is 2. The Hall–Kier alpha value is -2.24. The van der Waals surface area contributed by atoms with Gasteiger partial charge in [0.15, 0.2) is 0 Å². The van der Waals surface area contributed by atoms with Crippen molar-refractivity contribution in [1.82, 2.24) is 0 Å². The van der Waals surface area contributed by atoms with Crippen molar-refractivity contribution >= 4 is 17.6 Å². The Morgan fingerprint density at radius 3 is 2.74 bits per heavy atom. The van der Waals surface area contributed by atoms with Crippen molar-refractivity contribution in [2.24, 2.45) is 0 Å². The predicted octanol–water partition coefficient (Wildman–Crippen LogP) is 1.69. The first-order valence-corrected chi connectivity index (χ1v) is 5.95. The molecule has 3 N–H and O–H groups in total. The summed E-state index contributed by atoms with van der Waals surface area (Å²) in [5, 5.41) is 8.90. The summed E-state index contributed by atoms with van der Waals surface area (Å²) >= 11 is 0. The van der Waals surface area contributed by atoms with E-state index in [-0.39, 0.29) is 23.6 Å². The van der Waals surface area contributed by atoms with E-state index in [0.29, 0.717) is 25.4 Å². The maximum absolute atomic E-state index is 11.1. The van der Waals surface area contributed by atoms with Crippen molar-refractivity contribution in [3.63, 3.8) is 0 Å². The Morgan fingerprint density at radius 2 is 2.11 bits per heavy atom. The van der Waals surface area contributed by atoms with Crippen LogP contribution in [0, 0.1) is 0 Å². The van der Waals surface area contributed by atoms with Crippen LogP contribution in [0.1, 0.15) is 30.1 Å². The third-order valence-electron chi connectivity index (χ3n) is 2.35. The van der Waals surface area contributed by atoms with Crippen molar-refractivity contribution in [2.45, 2.75) is 19.8 Å². The summed E-state index contributed by atoms with van der Waals surface area (Å²) < 4.78 is 10.1. The Labute approximate surface area is 111 Å². The molecule has 0 unspecified atom stereocenters. The van der Waals surface area contributed by atoms with Gasteiger partial charge < -0.3 is 20.3 Å². The lowest BCUT2D eigenvalue weighted by Crippen LogP contribution is -2.07. The lowest BCUT2D eigenvalue weighted by molar-refractivity contribution is -0.143. The van der Waals surface area contributed by atoms with Crippen LogP contribution in [-0.2, 0) is 9.53 Å². The topological polar surface area (TPSA) is 98.9 Å². The van der Waals surface area contributed by atoms with Gasteiger partial charge in [-0.2, -0.15) is 0 Å². The molecule has 0 radical (unpaired) electrons. The number of benzene rings is 1. The summed E-state index contributed by atoms with van der Waals surface area (Å²) in [7, 11) is 0. The van der Waals surface area contributed by atoms with Crippen molar-refractivity contribution < 1.29 is 24.2 Å². The highest BCUT2D eigenvalue weighted by molar-refractivity contribution is 5.94. The molecule has 1 aromatic carbocycles. The normalized spacial score (nSPS) is 9.95. The van der Waals surface area contributed by atoms with Crippen LogP contribution in [0.15, 0.2) is 18.2 Å². The second-order valence-corrected chi connectivity index (χ2v) is 3.81. The first-order valence-electron chi connectivity index (χ1n) is 5.95. The highest BCUT2D eigenvalue weighted by atomic mass is 16.5. The Balaban J connectivity index is 2.44. The van der Waals surface area contributed by atoms with E-state index in [1.165, 1.54) is 12.1 Å². The van der Waals surface area contributed by atoms with Crippen molar-refractivity contribution in [3.05, 3.63) is 23.8 Å². The van der Waals surface area contributed by atoms with Gasteiger partial charge in [0.05, 0.1) is 18.8 Å². The molecule has 0 aliphatic rings. The van der Waals surface area contributed by atoms with Crippen LogP contribution in [0.25, 0.3) is 0 Å². The molecule has 0 saturated heterocycles. The zero-order chi connectivity index (χ0) is 14.3. The van der Waals surface area contributed by atoms with E-state index in [2.05, 4.69) is 0 Å². The molecule has 1 aromatic rings. The molecule has 0 aliphatic heterocycles. The number of anilines is 1. The minimum atomic E-state index is -1.10. The third kappa shape index (κ3) is 4.87. The lowest BCUT2D eigenvalue weighted by atomic mass is 10.2. The maximum Gasteiger partial charge on any atom is 0.337 e. The number of nitrogens with two attached hydrogens (primary N) is 1. The summed E-state index contributed by atoms with van der Waals surface area (Å²) in [5.74, 6) is -0.959. The smallest absolute Gasteiger partial charge is 0.337 e. The molecular weight excluding hydrogens is 250 g/mol. The standard InChI is InChI=1S/C13H17NO5/c1-2-18-12(15)4-3-7-19-9-5-6-11(14)10(8-9)13(16)17/h5-6,8H,2-4,7,14H2,1H3,(H,16,17). The molecule has 0 spiro atoms. The SMILES string of the molecule is CCOC(=O)CCCOc1ccc(N)c(C(=O)O)c1. The molecule has 1 rings (SSSR count). The highest BCUT2D eigenvalue weighted by Crippen LogP contribution is 2.19. The van der Waals surface area contributed by atoms with Crippen LogP contribution in [-0.4, -0.2) is 30.3 Å². The van der Waals surface area contributed by atoms with Gasteiger partial charge in [0.2, 0.25) is 0 Å². The Kier molecular flexibility index (Phi) is 5.66. The second-order valence-electron chi connectivity index (χ2n) is 3.81.